The Morgan fingerprint density at radius 1 is 1.42 bits per heavy atom. The molecule has 5 nitrogen and oxygen atoms in total. The summed E-state index contributed by atoms with van der Waals surface area (Å²) >= 11 is 0. The molecule has 2 amide bonds. The average Bonchev–Trinajstić information content (AvgIpc) is 2.86. The molecular weight excluding hydrogens is 244 g/mol. The third kappa shape index (κ3) is 4.08. The maximum atomic E-state index is 11.9. The van der Waals surface area contributed by atoms with Gasteiger partial charge in [-0.15, -0.1) is 0 Å². The fraction of sp³-hybridized carbons (Fsp3) is 0.929. The molecule has 0 bridgehead atoms. The number of fused-ring (bicyclic) bond motifs is 1. The number of urea groups is 1. The van der Waals surface area contributed by atoms with Crippen LogP contribution in [0.1, 0.15) is 39.0 Å². The lowest BCUT2D eigenvalue weighted by molar-refractivity contribution is 0.0549. The molecule has 3 N–H and O–H groups in total. The summed E-state index contributed by atoms with van der Waals surface area (Å²) in [6, 6.07) is 0.178. The molecule has 0 spiro atoms. The van der Waals surface area contributed by atoms with Gasteiger partial charge in [-0.25, -0.2) is 4.79 Å². The number of aliphatic hydroxyl groups excluding tert-OH is 1. The van der Waals surface area contributed by atoms with Crippen LogP contribution in [0.2, 0.25) is 0 Å². The summed E-state index contributed by atoms with van der Waals surface area (Å²) in [7, 11) is 0. The molecule has 0 aromatic heterocycles. The van der Waals surface area contributed by atoms with Gasteiger partial charge in [0.05, 0.1) is 6.10 Å². The molecule has 0 radical (unpaired) electrons. The van der Waals surface area contributed by atoms with Crippen LogP contribution in [0, 0.1) is 11.8 Å². The van der Waals surface area contributed by atoms with Gasteiger partial charge >= 0.3 is 6.03 Å². The summed E-state index contributed by atoms with van der Waals surface area (Å²) in [6.45, 7) is 3.65. The Morgan fingerprint density at radius 2 is 2.26 bits per heavy atom. The number of nitrogens with one attached hydrogen (secondary N) is 2. The smallest absolute Gasteiger partial charge is 0.315 e. The van der Waals surface area contributed by atoms with E-state index in [2.05, 4.69) is 10.6 Å². The van der Waals surface area contributed by atoms with Crippen LogP contribution in [0.4, 0.5) is 4.79 Å². The standard InChI is InChI=1S/C14H26N2O3/c1-10(5-7-17)9-15-14(18)16-12-3-2-4-13-11(12)6-8-19-13/h10-13,17H,2-9H2,1H3,(H2,15,16,18). The molecule has 110 valence electrons. The maximum Gasteiger partial charge on any atom is 0.315 e. The predicted octanol–water partition coefficient (Wildman–Crippen LogP) is 1.26. The van der Waals surface area contributed by atoms with Crippen LogP contribution in [0.3, 0.4) is 0 Å². The molecule has 1 aliphatic heterocycles. The van der Waals surface area contributed by atoms with E-state index in [-0.39, 0.29) is 18.7 Å². The number of hydrogen-bond donors (Lipinski definition) is 3. The van der Waals surface area contributed by atoms with Crippen molar-refractivity contribution in [2.24, 2.45) is 11.8 Å². The molecule has 1 saturated carbocycles. The van der Waals surface area contributed by atoms with E-state index in [0.29, 0.717) is 24.5 Å². The second kappa shape index (κ2) is 7.10. The average molecular weight is 270 g/mol. The molecule has 1 aliphatic carbocycles. The Labute approximate surface area is 115 Å². The molecule has 19 heavy (non-hydrogen) atoms. The minimum absolute atomic E-state index is 0.0812. The molecule has 4 atom stereocenters. The van der Waals surface area contributed by atoms with Crippen molar-refractivity contribution in [3.63, 3.8) is 0 Å². The van der Waals surface area contributed by atoms with Gasteiger partial charge < -0.3 is 20.5 Å². The summed E-state index contributed by atoms with van der Waals surface area (Å²) in [5.41, 5.74) is 0. The van der Waals surface area contributed by atoms with E-state index in [4.69, 9.17) is 9.84 Å². The zero-order valence-corrected chi connectivity index (χ0v) is 11.7. The highest BCUT2D eigenvalue weighted by atomic mass is 16.5. The number of carbonyl (C=O) groups excluding carboxylic acids is 1. The Balaban J connectivity index is 1.72. The summed E-state index contributed by atoms with van der Waals surface area (Å²) < 4.78 is 5.70. The van der Waals surface area contributed by atoms with Crippen LogP contribution >= 0.6 is 0 Å². The lowest BCUT2D eigenvalue weighted by Crippen LogP contribution is -2.49. The van der Waals surface area contributed by atoms with Gasteiger partial charge in [0.1, 0.15) is 0 Å². The molecule has 2 fully saturated rings. The lowest BCUT2D eigenvalue weighted by Gasteiger charge is -2.33. The van der Waals surface area contributed by atoms with Crippen LogP contribution in [-0.2, 0) is 4.74 Å². The molecule has 2 rings (SSSR count). The number of hydrogen-bond acceptors (Lipinski definition) is 3. The topological polar surface area (TPSA) is 70.6 Å². The quantitative estimate of drug-likeness (QED) is 0.704. The highest BCUT2D eigenvalue weighted by molar-refractivity contribution is 5.74. The minimum atomic E-state index is -0.0812. The predicted molar refractivity (Wildman–Crippen MR) is 72.9 cm³/mol. The summed E-state index contributed by atoms with van der Waals surface area (Å²) in [4.78, 5) is 11.9. The first-order valence-corrected chi connectivity index (χ1v) is 7.47. The fourth-order valence-corrected chi connectivity index (χ4v) is 3.16. The van der Waals surface area contributed by atoms with Crippen molar-refractivity contribution >= 4 is 6.03 Å². The van der Waals surface area contributed by atoms with Crippen molar-refractivity contribution in [1.29, 1.82) is 0 Å². The van der Waals surface area contributed by atoms with Gasteiger partial charge in [-0.3, -0.25) is 0 Å². The van der Waals surface area contributed by atoms with Gasteiger partial charge in [-0.1, -0.05) is 6.92 Å². The van der Waals surface area contributed by atoms with Gasteiger partial charge in [-0.05, 0) is 38.0 Å². The third-order valence-electron chi connectivity index (χ3n) is 4.33. The van der Waals surface area contributed by atoms with Crippen molar-refractivity contribution in [2.75, 3.05) is 19.8 Å². The molecule has 0 aromatic carbocycles. The third-order valence-corrected chi connectivity index (χ3v) is 4.33. The zero-order valence-electron chi connectivity index (χ0n) is 11.7. The van der Waals surface area contributed by atoms with Crippen molar-refractivity contribution in [1.82, 2.24) is 10.6 Å². The van der Waals surface area contributed by atoms with E-state index in [0.717, 1.165) is 38.7 Å². The highest BCUT2D eigenvalue weighted by Gasteiger charge is 2.38. The molecule has 4 unspecified atom stereocenters. The molecule has 0 aromatic rings. The van der Waals surface area contributed by atoms with Gasteiger partial charge in [-0.2, -0.15) is 0 Å². The van der Waals surface area contributed by atoms with Crippen LogP contribution in [0.15, 0.2) is 0 Å². The van der Waals surface area contributed by atoms with Crippen molar-refractivity contribution in [2.45, 2.75) is 51.2 Å². The van der Waals surface area contributed by atoms with E-state index < -0.39 is 0 Å². The minimum Gasteiger partial charge on any atom is -0.396 e. The van der Waals surface area contributed by atoms with Gasteiger partial charge in [0.15, 0.2) is 0 Å². The SMILES string of the molecule is CC(CCO)CNC(=O)NC1CCCC2OCCC12. The zero-order chi connectivity index (χ0) is 13.7. The van der Waals surface area contributed by atoms with Crippen molar-refractivity contribution in [3.8, 4) is 0 Å². The van der Waals surface area contributed by atoms with E-state index in [1.54, 1.807) is 0 Å². The second-order valence-electron chi connectivity index (χ2n) is 5.87. The first-order valence-electron chi connectivity index (χ1n) is 7.47. The summed E-state index contributed by atoms with van der Waals surface area (Å²) in [6.07, 6.45) is 5.47. The van der Waals surface area contributed by atoms with Crippen LogP contribution in [0.5, 0.6) is 0 Å². The fourth-order valence-electron chi connectivity index (χ4n) is 3.16. The molecule has 1 heterocycles. The number of ether oxygens (including phenoxy) is 1. The largest absolute Gasteiger partial charge is 0.396 e. The number of rotatable bonds is 5. The van der Waals surface area contributed by atoms with E-state index >= 15 is 0 Å². The Hall–Kier alpha value is -0.810. The van der Waals surface area contributed by atoms with E-state index in [1.807, 2.05) is 6.92 Å². The normalized spacial score (nSPS) is 31.6. The summed E-state index contributed by atoms with van der Waals surface area (Å²) in [5.74, 6) is 0.805. The molecule has 2 aliphatic rings. The summed E-state index contributed by atoms with van der Waals surface area (Å²) in [5, 5.41) is 14.8. The van der Waals surface area contributed by atoms with Crippen LogP contribution < -0.4 is 10.6 Å². The molecular formula is C14H26N2O3. The maximum absolute atomic E-state index is 11.9. The first-order chi connectivity index (χ1) is 9.20. The Kier molecular flexibility index (Phi) is 5.45. The lowest BCUT2D eigenvalue weighted by atomic mass is 9.82. The molecule has 1 saturated heterocycles. The Morgan fingerprint density at radius 3 is 3.05 bits per heavy atom. The number of aliphatic hydroxyl groups is 1. The van der Waals surface area contributed by atoms with E-state index in [9.17, 15) is 4.79 Å². The van der Waals surface area contributed by atoms with Gasteiger partial charge in [0, 0.05) is 31.7 Å². The number of carbonyl (C=O) groups is 1. The van der Waals surface area contributed by atoms with Gasteiger partial charge in [0.25, 0.3) is 0 Å². The van der Waals surface area contributed by atoms with Crippen LogP contribution in [0.25, 0.3) is 0 Å². The molecule has 5 heteroatoms. The first kappa shape index (κ1) is 14.6. The number of amides is 2. The Bertz CT molecular complexity index is 298. The van der Waals surface area contributed by atoms with Crippen molar-refractivity contribution in [3.05, 3.63) is 0 Å². The van der Waals surface area contributed by atoms with E-state index in [1.165, 1.54) is 0 Å². The highest BCUT2D eigenvalue weighted by Crippen LogP contribution is 2.34. The van der Waals surface area contributed by atoms with Crippen LogP contribution in [-0.4, -0.2) is 43.0 Å². The van der Waals surface area contributed by atoms with Gasteiger partial charge in [0.2, 0.25) is 0 Å². The second-order valence-corrected chi connectivity index (χ2v) is 5.87. The monoisotopic (exact) mass is 270 g/mol. The van der Waals surface area contributed by atoms with Crippen molar-refractivity contribution < 1.29 is 14.6 Å².